The van der Waals surface area contributed by atoms with Gasteiger partial charge in [0.15, 0.2) is 5.65 Å². The van der Waals surface area contributed by atoms with Gasteiger partial charge in [-0.1, -0.05) is 23.7 Å². The van der Waals surface area contributed by atoms with Crippen LogP contribution in [0, 0.1) is 0 Å². The van der Waals surface area contributed by atoms with Crippen LogP contribution in [0.2, 0.25) is 5.02 Å². The predicted octanol–water partition coefficient (Wildman–Crippen LogP) is 4.40. The molecule has 124 valence electrons. The van der Waals surface area contributed by atoms with Crippen molar-refractivity contribution in [3.8, 4) is 0 Å². The summed E-state index contributed by atoms with van der Waals surface area (Å²) in [5, 5.41) is 8.74. The lowest BCUT2D eigenvalue weighted by atomic mass is 10.3. The highest BCUT2D eigenvalue weighted by atomic mass is 35.5. The van der Waals surface area contributed by atoms with E-state index in [4.69, 9.17) is 11.6 Å². The molecule has 0 radical (unpaired) electrons. The number of amides is 1. The lowest BCUT2D eigenvalue weighted by Crippen LogP contribution is -2.14. The zero-order chi connectivity index (χ0) is 17.1. The highest BCUT2D eigenvalue weighted by Gasteiger charge is 2.10. The largest absolute Gasteiger partial charge is 0.324 e. The molecule has 3 aromatic rings. The Morgan fingerprint density at radius 2 is 2.12 bits per heavy atom. The maximum absolute atomic E-state index is 12.1. The Bertz CT molecular complexity index is 878. The van der Waals surface area contributed by atoms with Gasteiger partial charge in [-0.05, 0) is 32.0 Å². The average molecular weight is 361 g/mol. The van der Waals surface area contributed by atoms with E-state index < -0.39 is 0 Å². The molecule has 7 heteroatoms. The van der Waals surface area contributed by atoms with Gasteiger partial charge in [-0.15, -0.1) is 11.8 Å². The second kappa shape index (κ2) is 7.23. The van der Waals surface area contributed by atoms with E-state index in [0.717, 1.165) is 15.9 Å². The first kappa shape index (κ1) is 16.8. The van der Waals surface area contributed by atoms with Gasteiger partial charge in [0.2, 0.25) is 5.91 Å². The third kappa shape index (κ3) is 3.71. The van der Waals surface area contributed by atoms with E-state index in [1.807, 2.05) is 35.0 Å². The van der Waals surface area contributed by atoms with Crippen molar-refractivity contribution < 1.29 is 4.79 Å². The quantitative estimate of drug-likeness (QED) is 0.685. The van der Waals surface area contributed by atoms with Crippen LogP contribution in [-0.2, 0) is 4.79 Å². The van der Waals surface area contributed by atoms with Gasteiger partial charge in [-0.3, -0.25) is 4.79 Å². The first-order valence-corrected chi connectivity index (χ1v) is 8.91. The lowest BCUT2D eigenvalue weighted by molar-refractivity contribution is -0.113. The zero-order valence-corrected chi connectivity index (χ0v) is 14.9. The zero-order valence-electron chi connectivity index (χ0n) is 13.4. The van der Waals surface area contributed by atoms with Crippen molar-refractivity contribution in [1.29, 1.82) is 0 Å². The number of aromatic nitrogens is 3. The molecular formula is C17H17ClN4OS. The molecule has 0 aliphatic carbocycles. The van der Waals surface area contributed by atoms with Crippen LogP contribution in [0.15, 0.2) is 47.6 Å². The number of thioether (sulfide) groups is 1. The maximum atomic E-state index is 12.1. The molecule has 0 aliphatic rings. The van der Waals surface area contributed by atoms with Gasteiger partial charge in [0.1, 0.15) is 0 Å². The molecule has 2 heterocycles. The second-order valence-corrected chi connectivity index (χ2v) is 7.01. The van der Waals surface area contributed by atoms with E-state index >= 15 is 0 Å². The third-order valence-corrected chi connectivity index (χ3v) is 4.92. The van der Waals surface area contributed by atoms with Crippen LogP contribution in [0.25, 0.3) is 11.0 Å². The highest BCUT2D eigenvalue weighted by molar-refractivity contribution is 8.00. The Morgan fingerprint density at radius 1 is 1.33 bits per heavy atom. The monoisotopic (exact) mass is 360 g/mol. The summed E-state index contributed by atoms with van der Waals surface area (Å²) in [5.41, 5.74) is 1.48. The minimum absolute atomic E-state index is 0.0997. The molecule has 0 bridgehead atoms. The van der Waals surface area contributed by atoms with Crippen molar-refractivity contribution in [2.45, 2.75) is 24.8 Å². The number of benzene rings is 1. The fraction of sp³-hybridized carbons (Fsp3) is 0.235. The van der Waals surface area contributed by atoms with Crippen LogP contribution in [0.3, 0.4) is 0 Å². The van der Waals surface area contributed by atoms with E-state index in [-0.39, 0.29) is 17.7 Å². The minimum atomic E-state index is -0.0997. The van der Waals surface area contributed by atoms with Crippen LogP contribution in [0.4, 0.5) is 5.69 Å². The molecule has 0 atom stereocenters. The molecular weight excluding hydrogens is 344 g/mol. The molecule has 0 unspecified atom stereocenters. The number of pyridine rings is 1. The van der Waals surface area contributed by atoms with E-state index in [9.17, 15) is 4.79 Å². The van der Waals surface area contributed by atoms with Crippen molar-refractivity contribution in [1.82, 2.24) is 14.8 Å². The highest BCUT2D eigenvalue weighted by Crippen LogP contribution is 2.26. The number of halogens is 1. The van der Waals surface area contributed by atoms with Gasteiger partial charge < -0.3 is 5.32 Å². The van der Waals surface area contributed by atoms with Gasteiger partial charge in [-0.2, -0.15) is 5.10 Å². The Kier molecular flexibility index (Phi) is 5.06. The van der Waals surface area contributed by atoms with Gasteiger partial charge in [0.25, 0.3) is 0 Å². The summed E-state index contributed by atoms with van der Waals surface area (Å²) < 4.78 is 1.86. The maximum Gasteiger partial charge on any atom is 0.234 e. The number of fused-ring (bicyclic) bond motifs is 1. The smallest absolute Gasteiger partial charge is 0.234 e. The predicted molar refractivity (Wildman–Crippen MR) is 98.7 cm³/mol. The molecule has 5 nitrogen and oxygen atoms in total. The fourth-order valence-corrected chi connectivity index (χ4v) is 3.33. The van der Waals surface area contributed by atoms with Gasteiger partial charge in [0.05, 0.1) is 28.9 Å². The fourth-order valence-electron chi connectivity index (χ4n) is 2.29. The number of carbonyl (C=O) groups is 1. The normalized spacial score (nSPS) is 11.2. The van der Waals surface area contributed by atoms with Crippen molar-refractivity contribution in [3.05, 3.63) is 47.7 Å². The molecule has 24 heavy (non-hydrogen) atoms. The first-order valence-electron chi connectivity index (χ1n) is 7.55. The van der Waals surface area contributed by atoms with Gasteiger partial charge >= 0.3 is 0 Å². The molecule has 2 aromatic heterocycles. The number of nitrogens with zero attached hydrogens (tertiary/aromatic N) is 3. The topological polar surface area (TPSA) is 59.8 Å². The van der Waals surface area contributed by atoms with E-state index in [0.29, 0.717) is 10.7 Å². The SMILES string of the molecule is CC(C)n1ncc2cc(NC(=O)CSc3ccccc3Cl)cnc21. The van der Waals surface area contributed by atoms with Crippen molar-refractivity contribution in [2.75, 3.05) is 11.1 Å². The molecule has 0 aliphatic heterocycles. The molecule has 0 saturated heterocycles. The Balaban J connectivity index is 1.66. The summed E-state index contributed by atoms with van der Waals surface area (Å²) in [6, 6.07) is 9.59. The molecule has 0 spiro atoms. The number of rotatable bonds is 5. The van der Waals surface area contributed by atoms with Crippen molar-refractivity contribution in [2.24, 2.45) is 0 Å². The Hall–Kier alpha value is -2.05. The summed E-state index contributed by atoms with van der Waals surface area (Å²) in [4.78, 5) is 17.4. The summed E-state index contributed by atoms with van der Waals surface area (Å²) in [6.07, 6.45) is 3.41. The third-order valence-electron chi connectivity index (χ3n) is 3.40. The molecule has 1 N–H and O–H groups in total. The number of carbonyl (C=O) groups excluding carboxylic acids is 1. The summed E-state index contributed by atoms with van der Waals surface area (Å²) in [5.74, 6) is 0.185. The second-order valence-electron chi connectivity index (χ2n) is 5.59. The summed E-state index contributed by atoms with van der Waals surface area (Å²) in [6.45, 7) is 4.10. The minimum Gasteiger partial charge on any atom is -0.324 e. The van der Waals surface area contributed by atoms with Crippen LogP contribution in [0.1, 0.15) is 19.9 Å². The number of hydrogen-bond donors (Lipinski definition) is 1. The van der Waals surface area contributed by atoms with Crippen LogP contribution in [-0.4, -0.2) is 26.4 Å². The van der Waals surface area contributed by atoms with E-state index in [2.05, 4.69) is 29.2 Å². The van der Waals surface area contributed by atoms with Crippen LogP contribution >= 0.6 is 23.4 Å². The molecule has 0 saturated carbocycles. The molecule has 1 amide bonds. The number of anilines is 1. The van der Waals surface area contributed by atoms with Gasteiger partial charge in [0, 0.05) is 16.3 Å². The van der Waals surface area contributed by atoms with E-state index in [1.54, 1.807) is 12.4 Å². The lowest BCUT2D eigenvalue weighted by Gasteiger charge is -2.08. The van der Waals surface area contributed by atoms with Crippen LogP contribution < -0.4 is 5.32 Å². The molecule has 3 rings (SSSR count). The number of nitrogens with one attached hydrogen (secondary N) is 1. The van der Waals surface area contributed by atoms with Gasteiger partial charge in [-0.25, -0.2) is 9.67 Å². The average Bonchev–Trinajstić information content (AvgIpc) is 2.97. The van der Waals surface area contributed by atoms with Crippen LogP contribution in [0.5, 0.6) is 0 Å². The van der Waals surface area contributed by atoms with Crippen molar-refractivity contribution >= 4 is 46.0 Å². The Labute approximate surface area is 149 Å². The standard InChI is InChI=1S/C17H17ClN4OS/c1-11(2)22-17-12(8-20-22)7-13(9-19-17)21-16(23)10-24-15-6-4-3-5-14(15)18/h3-9,11H,10H2,1-2H3,(H,21,23). The summed E-state index contributed by atoms with van der Waals surface area (Å²) >= 11 is 7.49. The molecule has 1 aromatic carbocycles. The first-order chi connectivity index (χ1) is 11.5. The van der Waals surface area contributed by atoms with Crippen molar-refractivity contribution in [3.63, 3.8) is 0 Å². The number of hydrogen-bond acceptors (Lipinski definition) is 4. The Morgan fingerprint density at radius 3 is 2.88 bits per heavy atom. The molecule has 0 fully saturated rings. The summed E-state index contributed by atoms with van der Waals surface area (Å²) in [7, 11) is 0. The van der Waals surface area contributed by atoms with E-state index in [1.165, 1.54) is 11.8 Å².